The van der Waals surface area contributed by atoms with Crippen LogP contribution in [0.3, 0.4) is 0 Å². The van der Waals surface area contributed by atoms with Crippen LogP contribution in [-0.4, -0.2) is 11.0 Å². The second-order valence-corrected chi connectivity index (χ2v) is 4.83. The summed E-state index contributed by atoms with van der Waals surface area (Å²) in [6.45, 7) is 0. The molecule has 2 aromatic carbocycles. The van der Waals surface area contributed by atoms with Crippen molar-refractivity contribution in [2.24, 2.45) is 0 Å². The van der Waals surface area contributed by atoms with Crippen LogP contribution in [0.4, 0.5) is 11.4 Å². The maximum atomic E-state index is 11.6. The lowest BCUT2D eigenvalue weighted by Gasteiger charge is -2.22. The zero-order chi connectivity index (χ0) is 12.8. The fourth-order valence-corrected chi connectivity index (χ4v) is 2.36. The summed E-state index contributed by atoms with van der Waals surface area (Å²) in [6, 6.07) is 19.5. The SMILES string of the molecule is O=C(CCl)SN(c1ccccc1)c1ccccc1. The normalized spacial score (nSPS) is 10.1. The Labute approximate surface area is 116 Å². The number of halogens is 1. The van der Waals surface area contributed by atoms with Crippen LogP contribution in [0.5, 0.6) is 0 Å². The maximum Gasteiger partial charge on any atom is 0.224 e. The molecule has 0 fully saturated rings. The van der Waals surface area contributed by atoms with Crippen molar-refractivity contribution in [3.05, 3.63) is 60.7 Å². The average Bonchev–Trinajstić information content (AvgIpc) is 2.46. The lowest BCUT2D eigenvalue weighted by molar-refractivity contribution is -0.108. The van der Waals surface area contributed by atoms with Gasteiger partial charge in [-0.1, -0.05) is 36.4 Å². The fraction of sp³-hybridized carbons (Fsp3) is 0.0714. The molecule has 0 radical (unpaired) electrons. The van der Waals surface area contributed by atoms with Gasteiger partial charge in [-0.15, -0.1) is 11.6 Å². The van der Waals surface area contributed by atoms with Gasteiger partial charge in [0.1, 0.15) is 0 Å². The summed E-state index contributed by atoms with van der Waals surface area (Å²) in [5.74, 6) is 0.000827. The number of para-hydroxylation sites is 2. The summed E-state index contributed by atoms with van der Waals surface area (Å²) in [7, 11) is 0. The molecule has 4 heteroatoms. The molecule has 2 nitrogen and oxygen atoms in total. The number of rotatable bonds is 4. The molecule has 92 valence electrons. The van der Waals surface area contributed by atoms with Crippen LogP contribution >= 0.6 is 23.5 Å². The van der Waals surface area contributed by atoms with E-state index in [-0.39, 0.29) is 11.0 Å². The quantitative estimate of drug-likeness (QED) is 0.616. The molecule has 0 heterocycles. The molecule has 0 amide bonds. The van der Waals surface area contributed by atoms with E-state index in [0.29, 0.717) is 0 Å². The highest BCUT2D eigenvalue weighted by Crippen LogP contribution is 2.32. The summed E-state index contributed by atoms with van der Waals surface area (Å²) < 4.78 is 1.88. The zero-order valence-corrected chi connectivity index (χ0v) is 11.2. The first-order chi connectivity index (χ1) is 8.81. The molecule has 0 saturated heterocycles. The molecule has 0 bridgehead atoms. The minimum absolute atomic E-state index is 0.000827. The number of carbonyl (C=O) groups excluding carboxylic acids is 1. The first-order valence-corrected chi connectivity index (χ1v) is 6.79. The van der Waals surface area contributed by atoms with Crippen molar-refractivity contribution in [1.29, 1.82) is 0 Å². The van der Waals surface area contributed by atoms with Crippen molar-refractivity contribution >= 4 is 40.0 Å². The molecule has 0 aliphatic heterocycles. The van der Waals surface area contributed by atoms with Crippen LogP contribution in [0.25, 0.3) is 0 Å². The highest BCUT2D eigenvalue weighted by molar-refractivity contribution is 8.15. The monoisotopic (exact) mass is 277 g/mol. The molecule has 0 atom stereocenters. The van der Waals surface area contributed by atoms with Crippen LogP contribution in [0.15, 0.2) is 60.7 Å². The van der Waals surface area contributed by atoms with Crippen molar-refractivity contribution in [3.63, 3.8) is 0 Å². The number of hydrogen-bond donors (Lipinski definition) is 0. The third-order valence-electron chi connectivity index (χ3n) is 2.28. The minimum atomic E-state index is -0.0793. The molecule has 0 aliphatic rings. The predicted octanol–water partition coefficient (Wildman–Crippen LogP) is 4.24. The number of hydrogen-bond acceptors (Lipinski definition) is 3. The van der Waals surface area contributed by atoms with Crippen molar-refractivity contribution in [3.8, 4) is 0 Å². The van der Waals surface area contributed by atoms with Crippen molar-refractivity contribution in [1.82, 2.24) is 0 Å². The first-order valence-electron chi connectivity index (χ1n) is 5.48. The van der Waals surface area contributed by atoms with Crippen LogP contribution in [0.1, 0.15) is 0 Å². The predicted molar refractivity (Wildman–Crippen MR) is 78.3 cm³/mol. The molecular formula is C14H12ClNOS. The Morgan fingerprint density at radius 2 is 1.39 bits per heavy atom. The molecule has 0 aromatic heterocycles. The Hall–Kier alpha value is -1.45. The fourth-order valence-electron chi connectivity index (χ4n) is 1.51. The van der Waals surface area contributed by atoms with E-state index >= 15 is 0 Å². The van der Waals surface area contributed by atoms with Crippen LogP contribution < -0.4 is 4.31 Å². The molecule has 18 heavy (non-hydrogen) atoms. The van der Waals surface area contributed by atoms with Crippen molar-refractivity contribution in [2.75, 3.05) is 10.2 Å². The Bertz CT molecular complexity index is 464. The van der Waals surface area contributed by atoms with Gasteiger partial charge in [0.05, 0.1) is 17.3 Å². The maximum absolute atomic E-state index is 11.6. The average molecular weight is 278 g/mol. The number of benzene rings is 2. The van der Waals surface area contributed by atoms with Gasteiger partial charge in [-0.3, -0.25) is 9.10 Å². The van der Waals surface area contributed by atoms with Crippen LogP contribution in [0, 0.1) is 0 Å². The van der Waals surface area contributed by atoms with E-state index in [1.165, 1.54) is 0 Å². The third-order valence-corrected chi connectivity index (χ3v) is 3.64. The molecule has 2 rings (SSSR count). The number of alkyl halides is 1. The zero-order valence-electron chi connectivity index (χ0n) is 9.62. The smallest absolute Gasteiger partial charge is 0.224 e. The van der Waals surface area contributed by atoms with E-state index in [1.807, 2.05) is 65.0 Å². The van der Waals surface area contributed by atoms with Gasteiger partial charge in [-0.25, -0.2) is 0 Å². The number of carbonyl (C=O) groups is 1. The molecule has 2 aromatic rings. The van der Waals surface area contributed by atoms with Gasteiger partial charge in [0.25, 0.3) is 0 Å². The molecule has 0 unspecified atom stereocenters. The third kappa shape index (κ3) is 3.28. The van der Waals surface area contributed by atoms with Gasteiger partial charge < -0.3 is 0 Å². The lowest BCUT2D eigenvalue weighted by atomic mass is 10.3. The van der Waals surface area contributed by atoms with Crippen LogP contribution in [0.2, 0.25) is 0 Å². The van der Waals surface area contributed by atoms with Gasteiger partial charge in [0, 0.05) is 11.9 Å². The molecule has 0 spiro atoms. The Morgan fingerprint density at radius 1 is 0.944 bits per heavy atom. The van der Waals surface area contributed by atoms with Crippen molar-refractivity contribution in [2.45, 2.75) is 0 Å². The summed E-state index contributed by atoms with van der Waals surface area (Å²) in [5.41, 5.74) is 1.90. The summed E-state index contributed by atoms with van der Waals surface area (Å²) in [4.78, 5) is 11.6. The van der Waals surface area contributed by atoms with Gasteiger partial charge in [0.2, 0.25) is 5.12 Å². The van der Waals surface area contributed by atoms with E-state index < -0.39 is 0 Å². The highest BCUT2D eigenvalue weighted by atomic mass is 35.5. The highest BCUT2D eigenvalue weighted by Gasteiger charge is 2.13. The molecule has 0 aliphatic carbocycles. The largest absolute Gasteiger partial charge is 0.284 e. The van der Waals surface area contributed by atoms with E-state index in [0.717, 1.165) is 23.3 Å². The van der Waals surface area contributed by atoms with E-state index in [2.05, 4.69) is 0 Å². The summed E-state index contributed by atoms with van der Waals surface area (Å²) in [6.07, 6.45) is 0. The van der Waals surface area contributed by atoms with Crippen molar-refractivity contribution < 1.29 is 4.79 Å². The lowest BCUT2D eigenvalue weighted by Crippen LogP contribution is -2.11. The van der Waals surface area contributed by atoms with E-state index in [9.17, 15) is 4.79 Å². The minimum Gasteiger partial charge on any atom is -0.284 e. The summed E-state index contributed by atoms with van der Waals surface area (Å²) >= 11 is 6.69. The molecule has 0 saturated carbocycles. The topological polar surface area (TPSA) is 20.3 Å². The van der Waals surface area contributed by atoms with Crippen LogP contribution in [-0.2, 0) is 4.79 Å². The number of anilines is 2. The van der Waals surface area contributed by atoms with Gasteiger partial charge in [-0.05, 0) is 24.3 Å². The Balaban J connectivity index is 2.32. The Kier molecular flexibility index (Phi) is 4.67. The summed E-state index contributed by atoms with van der Waals surface area (Å²) in [5, 5.41) is -0.0793. The van der Waals surface area contributed by atoms with Gasteiger partial charge in [0.15, 0.2) is 0 Å². The van der Waals surface area contributed by atoms with Gasteiger partial charge >= 0.3 is 0 Å². The molecular weight excluding hydrogens is 266 g/mol. The van der Waals surface area contributed by atoms with Gasteiger partial charge in [-0.2, -0.15) is 0 Å². The van der Waals surface area contributed by atoms with E-state index in [4.69, 9.17) is 11.6 Å². The first kappa shape index (κ1) is 13.0. The molecule has 0 N–H and O–H groups in total. The van der Waals surface area contributed by atoms with E-state index in [1.54, 1.807) is 0 Å². The number of nitrogens with zero attached hydrogens (tertiary/aromatic N) is 1. The second-order valence-electron chi connectivity index (χ2n) is 3.56. The Morgan fingerprint density at radius 3 is 1.78 bits per heavy atom. The second kappa shape index (κ2) is 6.47. The standard InChI is InChI=1S/C14H12ClNOS/c15-11-14(17)18-16(12-7-3-1-4-8-12)13-9-5-2-6-10-13/h1-10H,11H2.